The van der Waals surface area contributed by atoms with Gasteiger partial charge in [0.05, 0.1) is 6.61 Å². The molecule has 0 heterocycles. The van der Waals surface area contributed by atoms with E-state index in [9.17, 15) is 4.79 Å². The molecule has 0 aromatic rings. The third-order valence-corrected chi connectivity index (χ3v) is 1.40. The Morgan fingerprint density at radius 3 is 2.73 bits per heavy atom. The molecule has 1 amide bonds. The molecule has 0 rings (SSSR count). The van der Waals surface area contributed by atoms with Crippen molar-refractivity contribution in [2.24, 2.45) is 0 Å². The SMILES string of the molecule is CNC(=O)CCNC(C)CO. The molecule has 1 atom stereocenters. The third kappa shape index (κ3) is 5.82. The minimum atomic E-state index is 0.0163. The minimum Gasteiger partial charge on any atom is -0.395 e. The van der Waals surface area contributed by atoms with Gasteiger partial charge in [0.2, 0.25) is 5.91 Å². The number of aliphatic hydroxyl groups excluding tert-OH is 1. The van der Waals surface area contributed by atoms with Crippen molar-refractivity contribution in [1.82, 2.24) is 10.6 Å². The summed E-state index contributed by atoms with van der Waals surface area (Å²) in [7, 11) is 1.61. The number of hydrogen-bond donors (Lipinski definition) is 3. The second-order valence-electron chi connectivity index (χ2n) is 2.46. The summed E-state index contributed by atoms with van der Waals surface area (Å²) in [5.74, 6) is 0.0163. The monoisotopic (exact) mass is 160 g/mol. The molecule has 0 aliphatic carbocycles. The highest BCUT2D eigenvalue weighted by Gasteiger charge is 2.00. The molecule has 0 aliphatic heterocycles. The van der Waals surface area contributed by atoms with Crippen LogP contribution in [0.4, 0.5) is 0 Å². The number of hydrogen-bond acceptors (Lipinski definition) is 3. The van der Waals surface area contributed by atoms with Crippen LogP contribution >= 0.6 is 0 Å². The summed E-state index contributed by atoms with van der Waals surface area (Å²) in [5, 5.41) is 14.1. The van der Waals surface area contributed by atoms with Gasteiger partial charge in [0, 0.05) is 26.1 Å². The predicted octanol–water partition coefficient (Wildman–Crippen LogP) is -0.907. The zero-order chi connectivity index (χ0) is 8.69. The minimum absolute atomic E-state index is 0.0163. The van der Waals surface area contributed by atoms with Gasteiger partial charge in [-0.25, -0.2) is 0 Å². The topological polar surface area (TPSA) is 61.4 Å². The van der Waals surface area contributed by atoms with Crippen molar-refractivity contribution in [2.75, 3.05) is 20.2 Å². The number of aliphatic hydroxyl groups is 1. The third-order valence-electron chi connectivity index (χ3n) is 1.40. The van der Waals surface area contributed by atoms with Crippen molar-refractivity contribution >= 4 is 5.91 Å². The average molecular weight is 160 g/mol. The number of carbonyl (C=O) groups is 1. The van der Waals surface area contributed by atoms with Crippen molar-refractivity contribution in [1.29, 1.82) is 0 Å². The second-order valence-corrected chi connectivity index (χ2v) is 2.46. The summed E-state index contributed by atoms with van der Waals surface area (Å²) in [4.78, 5) is 10.7. The van der Waals surface area contributed by atoms with E-state index in [1.54, 1.807) is 7.05 Å². The van der Waals surface area contributed by atoms with E-state index in [0.29, 0.717) is 13.0 Å². The van der Waals surface area contributed by atoms with E-state index < -0.39 is 0 Å². The smallest absolute Gasteiger partial charge is 0.221 e. The van der Waals surface area contributed by atoms with Gasteiger partial charge in [0.25, 0.3) is 0 Å². The fraction of sp³-hybridized carbons (Fsp3) is 0.857. The van der Waals surface area contributed by atoms with Crippen LogP contribution < -0.4 is 10.6 Å². The average Bonchev–Trinajstić information content (AvgIpc) is 2.04. The summed E-state index contributed by atoms with van der Waals surface area (Å²) < 4.78 is 0. The van der Waals surface area contributed by atoms with E-state index in [1.165, 1.54) is 0 Å². The van der Waals surface area contributed by atoms with Crippen LogP contribution in [-0.4, -0.2) is 37.3 Å². The van der Waals surface area contributed by atoms with Crippen LogP contribution in [0.2, 0.25) is 0 Å². The van der Waals surface area contributed by atoms with Crippen LogP contribution in [0.15, 0.2) is 0 Å². The molecular weight excluding hydrogens is 144 g/mol. The molecule has 11 heavy (non-hydrogen) atoms. The summed E-state index contributed by atoms with van der Waals surface area (Å²) >= 11 is 0. The summed E-state index contributed by atoms with van der Waals surface area (Å²) in [5.41, 5.74) is 0. The van der Waals surface area contributed by atoms with E-state index >= 15 is 0 Å². The Balaban J connectivity index is 3.20. The molecule has 0 saturated carbocycles. The van der Waals surface area contributed by atoms with Gasteiger partial charge in [-0.15, -0.1) is 0 Å². The molecule has 66 valence electrons. The van der Waals surface area contributed by atoms with Gasteiger partial charge in [-0.05, 0) is 6.92 Å². The van der Waals surface area contributed by atoms with Gasteiger partial charge in [0.15, 0.2) is 0 Å². The number of amides is 1. The molecule has 4 heteroatoms. The van der Waals surface area contributed by atoms with E-state index in [-0.39, 0.29) is 18.6 Å². The highest BCUT2D eigenvalue weighted by molar-refractivity contribution is 5.75. The van der Waals surface area contributed by atoms with E-state index in [0.717, 1.165) is 0 Å². The molecule has 3 N–H and O–H groups in total. The van der Waals surface area contributed by atoms with Crippen LogP contribution in [0.1, 0.15) is 13.3 Å². The van der Waals surface area contributed by atoms with Gasteiger partial charge in [0.1, 0.15) is 0 Å². The standard InChI is InChI=1S/C7H16N2O2/c1-6(5-10)9-4-3-7(11)8-2/h6,9-10H,3-5H2,1-2H3,(H,8,11). The highest BCUT2D eigenvalue weighted by atomic mass is 16.3. The van der Waals surface area contributed by atoms with Crippen LogP contribution in [0.5, 0.6) is 0 Å². The van der Waals surface area contributed by atoms with E-state index in [1.807, 2.05) is 6.92 Å². The first-order valence-electron chi connectivity index (χ1n) is 3.75. The fourth-order valence-corrected chi connectivity index (χ4v) is 0.622. The number of rotatable bonds is 5. The van der Waals surface area contributed by atoms with E-state index in [4.69, 9.17) is 5.11 Å². The van der Waals surface area contributed by atoms with Crippen molar-refractivity contribution in [2.45, 2.75) is 19.4 Å². The summed E-state index contributed by atoms with van der Waals surface area (Å²) in [6.45, 7) is 2.58. The van der Waals surface area contributed by atoms with E-state index in [2.05, 4.69) is 10.6 Å². The van der Waals surface area contributed by atoms with Crippen molar-refractivity contribution < 1.29 is 9.90 Å². The lowest BCUT2D eigenvalue weighted by Gasteiger charge is -2.09. The molecule has 0 saturated heterocycles. The van der Waals surface area contributed by atoms with Gasteiger partial charge >= 0.3 is 0 Å². The fourth-order valence-electron chi connectivity index (χ4n) is 0.622. The molecule has 0 bridgehead atoms. The Hall–Kier alpha value is -0.610. The lowest BCUT2D eigenvalue weighted by molar-refractivity contribution is -0.120. The number of carbonyl (C=O) groups excluding carboxylic acids is 1. The Morgan fingerprint density at radius 2 is 2.27 bits per heavy atom. The van der Waals surface area contributed by atoms with Crippen LogP contribution in [0.3, 0.4) is 0 Å². The van der Waals surface area contributed by atoms with Crippen molar-refractivity contribution in [3.05, 3.63) is 0 Å². The van der Waals surface area contributed by atoms with Gasteiger partial charge < -0.3 is 15.7 Å². The molecule has 0 aromatic carbocycles. The van der Waals surface area contributed by atoms with Crippen LogP contribution in [0.25, 0.3) is 0 Å². The maximum Gasteiger partial charge on any atom is 0.221 e. The molecule has 4 nitrogen and oxygen atoms in total. The Kier molecular flexibility index (Phi) is 5.78. The lowest BCUT2D eigenvalue weighted by Crippen LogP contribution is -2.32. The second kappa shape index (κ2) is 6.12. The first-order chi connectivity index (χ1) is 5.20. The van der Waals surface area contributed by atoms with Gasteiger partial charge in [-0.2, -0.15) is 0 Å². The first kappa shape index (κ1) is 10.4. The zero-order valence-corrected chi connectivity index (χ0v) is 7.05. The predicted molar refractivity (Wildman–Crippen MR) is 43.2 cm³/mol. The normalized spacial score (nSPS) is 12.6. The summed E-state index contributed by atoms with van der Waals surface area (Å²) in [6, 6.07) is 0.0691. The molecule has 0 fully saturated rings. The summed E-state index contributed by atoms with van der Waals surface area (Å²) in [6.07, 6.45) is 0.459. The van der Waals surface area contributed by atoms with Gasteiger partial charge in [-0.1, -0.05) is 0 Å². The van der Waals surface area contributed by atoms with Crippen molar-refractivity contribution in [3.63, 3.8) is 0 Å². The Bertz CT molecular complexity index is 117. The molecule has 1 unspecified atom stereocenters. The number of nitrogens with one attached hydrogen (secondary N) is 2. The maximum absolute atomic E-state index is 10.7. The van der Waals surface area contributed by atoms with Crippen LogP contribution in [-0.2, 0) is 4.79 Å². The molecular formula is C7H16N2O2. The first-order valence-corrected chi connectivity index (χ1v) is 3.75. The quantitative estimate of drug-likeness (QED) is 0.488. The zero-order valence-electron chi connectivity index (χ0n) is 7.05. The molecule has 0 aliphatic rings. The Labute approximate surface area is 67.0 Å². The maximum atomic E-state index is 10.7. The highest BCUT2D eigenvalue weighted by Crippen LogP contribution is 1.80. The van der Waals surface area contributed by atoms with Crippen molar-refractivity contribution in [3.8, 4) is 0 Å². The molecule has 0 radical (unpaired) electrons. The molecule has 0 spiro atoms. The largest absolute Gasteiger partial charge is 0.395 e. The van der Waals surface area contributed by atoms with Gasteiger partial charge in [-0.3, -0.25) is 4.79 Å². The van der Waals surface area contributed by atoms with Crippen LogP contribution in [0, 0.1) is 0 Å². The Morgan fingerprint density at radius 1 is 1.64 bits per heavy atom. The molecule has 0 aromatic heterocycles. The lowest BCUT2D eigenvalue weighted by atomic mass is 10.3.